The van der Waals surface area contributed by atoms with Crippen LogP contribution < -0.4 is 5.32 Å². The first-order chi connectivity index (χ1) is 3.41. The molecular weight excluding hydrogens is 86.1 g/mol. The molecule has 0 aromatic carbocycles. The Balaban J connectivity index is 2.98. The fourth-order valence-electron chi connectivity index (χ4n) is 0.222. The van der Waals surface area contributed by atoms with E-state index in [4.69, 9.17) is 0 Å². The highest BCUT2D eigenvalue weighted by molar-refractivity contribution is 4.83. The summed E-state index contributed by atoms with van der Waals surface area (Å²) in [7, 11) is 0. The van der Waals surface area contributed by atoms with E-state index >= 15 is 0 Å². The second kappa shape index (κ2) is 5.28. The maximum Gasteiger partial charge on any atom is 0.0224 e. The first-order valence-corrected chi connectivity index (χ1v) is 2.34. The molecule has 1 nitrogen and oxygen atoms in total. The smallest absolute Gasteiger partial charge is 0.0224 e. The van der Waals surface area contributed by atoms with E-state index in [0.717, 1.165) is 0 Å². The largest absolute Gasteiger partial charge is 0.265 e. The van der Waals surface area contributed by atoms with Gasteiger partial charge in [0.2, 0.25) is 0 Å². The zero-order valence-corrected chi connectivity index (χ0v) is 4.76. The van der Waals surface area contributed by atoms with Crippen LogP contribution in [0.2, 0.25) is 0 Å². The number of nitrogens with zero attached hydrogens (tertiary/aromatic N) is 1. The summed E-state index contributed by atoms with van der Waals surface area (Å²) in [6.07, 6.45) is 7.28. The summed E-state index contributed by atoms with van der Waals surface area (Å²) in [6, 6.07) is 0. The lowest BCUT2D eigenvalue weighted by Gasteiger charge is -1.76. The predicted octanol–water partition coefficient (Wildman–Crippen LogP) is 1.66. The number of hydrogen-bond donors (Lipinski definition) is 0. The monoisotopic (exact) mass is 96.1 g/mol. The fourth-order valence-corrected chi connectivity index (χ4v) is 0.222. The van der Waals surface area contributed by atoms with E-state index in [1.807, 2.05) is 26.0 Å². The highest BCUT2D eigenvalue weighted by Gasteiger charge is 1.59. The van der Waals surface area contributed by atoms with Crippen LogP contribution in [-0.4, -0.2) is 0 Å². The molecule has 39 valence electrons. The Labute approximate surface area is 44.7 Å². The van der Waals surface area contributed by atoms with Gasteiger partial charge in [-0.05, 0) is 13.8 Å². The molecule has 0 spiro atoms. The number of hydrogen-bond acceptors (Lipinski definition) is 0. The van der Waals surface area contributed by atoms with Gasteiger partial charge in [-0.2, -0.15) is 0 Å². The van der Waals surface area contributed by atoms with E-state index in [-0.39, 0.29) is 0 Å². The fraction of sp³-hybridized carbons (Fsp3) is 0.333. The standard InChI is InChI=1S/C6H10N/c1-3-5-7-6-4-2/h3-6H,1-2H3/b5-3-,6-4-. The molecular formula is C6H10N. The minimum absolute atomic E-state index is 1.75. The van der Waals surface area contributed by atoms with Gasteiger partial charge in [0.25, 0.3) is 0 Å². The molecule has 0 aliphatic carbocycles. The van der Waals surface area contributed by atoms with Crippen LogP contribution in [0.1, 0.15) is 13.8 Å². The Hall–Kier alpha value is -0.720. The molecule has 0 saturated carbocycles. The molecule has 0 N–H and O–H groups in total. The topological polar surface area (TPSA) is 14.1 Å². The first-order valence-electron chi connectivity index (χ1n) is 2.34. The number of rotatable bonds is 2. The van der Waals surface area contributed by atoms with Crippen LogP contribution in [0, 0.1) is 0 Å². The molecule has 0 bridgehead atoms. The van der Waals surface area contributed by atoms with Crippen molar-refractivity contribution < 1.29 is 0 Å². The molecule has 1 heteroatoms. The average molecular weight is 96.2 g/mol. The summed E-state index contributed by atoms with van der Waals surface area (Å²) in [5.74, 6) is 0. The molecule has 1 radical (unpaired) electrons. The van der Waals surface area contributed by atoms with Crippen molar-refractivity contribution in [2.24, 2.45) is 0 Å². The maximum atomic E-state index is 3.85. The Morgan fingerprint density at radius 1 is 1.00 bits per heavy atom. The van der Waals surface area contributed by atoms with Crippen molar-refractivity contribution in [1.29, 1.82) is 0 Å². The maximum absolute atomic E-state index is 3.85. The van der Waals surface area contributed by atoms with Gasteiger partial charge in [0, 0.05) is 12.4 Å². The van der Waals surface area contributed by atoms with Gasteiger partial charge in [-0.1, -0.05) is 12.2 Å². The Kier molecular flexibility index (Phi) is 4.74. The van der Waals surface area contributed by atoms with Crippen molar-refractivity contribution in [2.45, 2.75) is 13.8 Å². The Bertz CT molecular complexity index is 62.2. The van der Waals surface area contributed by atoms with Crippen molar-refractivity contribution in [3.05, 3.63) is 24.6 Å². The molecule has 0 aliphatic rings. The third kappa shape index (κ3) is 5.28. The molecule has 0 aromatic heterocycles. The zero-order chi connectivity index (χ0) is 5.54. The summed E-state index contributed by atoms with van der Waals surface area (Å²) in [4.78, 5) is 0. The third-order valence-electron chi connectivity index (χ3n) is 0.470. The highest BCUT2D eigenvalue weighted by atomic mass is 14.8. The molecule has 0 atom stereocenters. The molecule has 7 heavy (non-hydrogen) atoms. The second-order valence-electron chi connectivity index (χ2n) is 1.11. The van der Waals surface area contributed by atoms with Crippen molar-refractivity contribution in [3.8, 4) is 0 Å². The van der Waals surface area contributed by atoms with E-state index < -0.39 is 0 Å². The normalized spacial score (nSPS) is 11.1. The van der Waals surface area contributed by atoms with Gasteiger partial charge in [-0.25, -0.2) is 0 Å². The van der Waals surface area contributed by atoms with E-state index in [9.17, 15) is 0 Å². The second-order valence-corrected chi connectivity index (χ2v) is 1.11. The van der Waals surface area contributed by atoms with Crippen molar-refractivity contribution in [1.82, 2.24) is 5.32 Å². The van der Waals surface area contributed by atoms with Gasteiger partial charge in [0.05, 0.1) is 0 Å². The van der Waals surface area contributed by atoms with Crippen molar-refractivity contribution in [2.75, 3.05) is 0 Å². The van der Waals surface area contributed by atoms with E-state index in [0.29, 0.717) is 0 Å². The average Bonchev–Trinajstić information content (AvgIpc) is 1.69. The highest BCUT2D eigenvalue weighted by Crippen LogP contribution is 1.67. The van der Waals surface area contributed by atoms with E-state index in [1.54, 1.807) is 12.4 Å². The van der Waals surface area contributed by atoms with Crippen LogP contribution in [0.3, 0.4) is 0 Å². The van der Waals surface area contributed by atoms with Gasteiger partial charge >= 0.3 is 0 Å². The molecule has 0 saturated heterocycles. The van der Waals surface area contributed by atoms with E-state index in [2.05, 4.69) is 5.32 Å². The molecule has 0 heterocycles. The van der Waals surface area contributed by atoms with Crippen molar-refractivity contribution in [3.63, 3.8) is 0 Å². The lowest BCUT2D eigenvalue weighted by Crippen LogP contribution is -1.76. The van der Waals surface area contributed by atoms with E-state index in [1.165, 1.54) is 0 Å². The Morgan fingerprint density at radius 3 is 1.71 bits per heavy atom. The van der Waals surface area contributed by atoms with Gasteiger partial charge in [0.15, 0.2) is 0 Å². The van der Waals surface area contributed by atoms with Crippen molar-refractivity contribution >= 4 is 0 Å². The molecule has 0 aliphatic heterocycles. The van der Waals surface area contributed by atoms with Crippen LogP contribution in [0.15, 0.2) is 24.6 Å². The lowest BCUT2D eigenvalue weighted by molar-refractivity contribution is 1.16. The summed E-state index contributed by atoms with van der Waals surface area (Å²) < 4.78 is 0. The minimum atomic E-state index is 1.75. The van der Waals surface area contributed by atoms with Gasteiger partial charge < -0.3 is 0 Å². The summed E-state index contributed by atoms with van der Waals surface area (Å²) >= 11 is 0. The SMILES string of the molecule is C/C=C\[N]/C=C\C. The molecule has 0 unspecified atom stereocenters. The van der Waals surface area contributed by atoms with Crippen LogP contribution in [-0.2, 0) is 0 Å². The van der Waals surface area contributed by atoms with Crippen LogP contribution in [0.25, 0.3) is 0 Å². The summed E-state index contributed by atoms with van der Waals surface area (Å²) in [5.41, 5.74) is 0. The molecule has 0 aromatic rings. The predicted molar refractivity (Wildman–Crippen MR) is 31.8 cm³/mol. The van der Waals surface area contributed by atoms with Crippen LogP contribution in [0.5, 0.6) is 0 Å². The van der Waals surface area contributed by atoms with Gasteiger partial charge in [-0.15, -0.1) is 0 Å². The Morgan fingerprint density at radius 2 is 1.43 bits per heavy atom. The summed E-state index contributed by atoms with van der Waals surface area (Å²) in [5, 5.41) is 3.85. The number of allylic oxidation sites excluding steroid dienone is 2. The molecule has 0 amide bonds. The van der Waals surface area contributed by atoms with Crippen LogP contribution >= 0.6 is 0 Å². The van der Waals surface area contributed by atoms with Gasteiger partial charge in [-0.3, -0.25) is 5.32 Å². The van der Waals surface area contributed by atoms with Gasteiger partial charge in [0.1, 0.15) is 0 Å². The third-order valence-corrected chi connectivity index (χ3v) is 0.470. The lowest BCUT2D eigenvalue weighted by atomic mass is 10.6. The zero-order valence-electron chi connectivity index (χ0n) is 4.76. The molecule has 0 fully saturated rings. The minimum Gasteiger partial charge on any atom is -0.265 e. The van der Waals surface area contributed by atoms with Crippen LogP contribution in [0.4, 0.5) is 0 Å². The summed E-state index contributed by atoms with van der Waals surface area (Å²) in [6.45, 7) is 3.88. The molecule has 0 rings (SSSR count). The first kappa shape index (κ1) is 6.28. The quantitative estimate of drug-likeness (QED) is 0.496.